The average Bonchev–Trinajstić information content (AvgIpc) is 2.29. The maximum atomic E-state index is 12.9. The van der Waals surface area contributed by atoms with Crippen molar-refractivity contribution in [2.45, 2.75) is 5.38 Å². The third-order valence-electron chi connectivity index (χ3n) is 2.40. The van der Waals surface area contributed by atoms with Gasteiger partial charge in [-0.15, -0.1) is 11.6 Å². The minimum atomic E-state index is -0.416. The molecule has 2 aromatic rings. The Morgan fingerprint density at radius 3 is 2.18 bits per heavy atom. The van der Waals surface area contributed by atoms with Crippen LogP contribution in [0, 0.1) is 5.82 Å². The third kappa shape index (κ3) is 2.92. The van der Waals surface area contributed by atoms with Crippen molar-refractivity contribution in [1.29, 1.82) is 0 Å². The fourth-order valence-electron chi connectivity index (χ4n) is 1.52. The molecule has 17 heavy (non-hydrogen) atoms. The first kappa shape index (κ1) is 12.7. The molecule has 1 unspecified atom stereocenters. The third-order valence-corrected chi connectivity index (χ3v) is 3.46. The van der Waals surface area contributed by atoms with Crippen LogP contribution < -0.4 is 0 Å². The van der Waals surface area contributed by atoms with E-state index < -0.39 is 5.38 Å². The zero-order valence-corrected chi connectivity index (χ0v) is 10.9. The summed E-state index contributed by atoms with van der Waals surface area (Å²) in [4.78, 5) is 0. The maximum Gasteiger partial charge on any atom is 0.124 e. The molecule has 0 aromatic heterocycles. The van der Waals surface area contributed by atoms with Crippen LogP contribution in [-0.4, -0.2) is 0 Å². The summed E-state index contributed by atoms with van der Waals surface area (Å²) >= 11 is 18.0. The molecule has 0 aliphatic rings. The zero-order valence-electron chi connectivity index (χ0n) is 8.63. The summed E-state index contributed by atoms with van der Waals surface area (Å²) in [6.45, 7) is 0. The van der Waals surface area contributed by atoms with Crippen molar-refractivity contribution in [1.82, 2.24) is 0 Å². The molecule has 0 saturated heterocycles. The Morgan fingerprint density at radius 2 is 1.59 bits per heavy atom. The van der Waals surface area contributed by atoms with Crippen LogP contribution in [0.5, 0.6) is 0 Å². The monoisotopic (exact) mass is 288 g/mol. The molecule has 2 aromatic carbocycles. The molecular formula is C13H8Cl3F. The number of benzene rings is 2. The Bertz CT molecular complexity index is 523. The molecule has 2 rings (SSSR count). The van der Waals surface area contributed by atoms with Crippen LogP contribution in [0.4, 0.5) is 4.39 Å². The van der Waals surface area contributed by atoms with Gasteiger partial charge in [0.05, 0.1) is 5.38 Å². The second kappa shape index (κ2) is 5.26. The number of hydrogen-bond donors (Lipinski definition) is 0. The lowest BCUT2D eigenvalue weighted by Crippen LogP contribution is -1.94. The molecule has 0 saturated carbocycles. The smallest absolute Gasteiger partial charge is 0.124 e. The van der Waals surface area contributed by atoms with E-state index in [1.807, 2.05) is 12.1 Å². The van der Waals surface area contributed by atoms with E-state index in [1.165, 1.54) is 12.1 Å². The topological polar surface area (TPSA) is 0 Å². The van der Waals surface area contributed by atoms with E-state index in [-0.39, 0.29) is 5.82 Å². The lowest BCUT2D eigenvalue weighted by molar-refractivity contribution is 0.627. The van der Waals surface area contributed by atoms with Crippen LogP contribution in [0.2, 0.25) is 10.0 Å². The quantitative estimate of drug-likeness (QED) is 0.644. The molecule has 0 spiro atoms. The highest BCUT2D eigenvalue weighted by Crippen LogP contribution is 2.34. The number of rotatable bonds is 2. The van der Waals surface area contributed by atoms with Crippen molar-refractivity contribution in [3.05, 3.63) is 69.5 Å². The fourth-order valence-corrected chi connectivity index (χ4v) is 2.31. The standard InChI is InChI=1S/C13H8Cl3F/c14-9-3-1-8(2-4-9)13(16)11-6-5-10(17)7-12(11)15/h1-7,13H. The van der Waals surface area contributed by atoms with E-state index in [9.17, 15) is 4.39 Å². The van der Waals surface area contributed by atoms with Gasteiger partial charge in [0.15, 0.2) is 0 Å². The summed E-state index contributed by atoms with van der Waals surface area (Å²) in [5.41, 5.74) is 1.54. The van der Waals surface area contributed by atoms with Crippen molar-refractivity contribution in [2.75, 3.05) is 0 Å². The van der Waals surface area contributed by atoms with E-state index in [0.717, 1.165) is 5.56 Å². The van der Waals surface area contributed by atoms with Gasteiger partial charge in [-0.1, -0.05) is 41.4 Å². The second-order valence-corrected chi connectivity index (χ2v) is 4.86. The highest BCUT2D eigenvalue weighted by molar-refractivity contribution is 6.33. The predicted octanol–water partition coefficient (Wildman–Crippen LogP) is 5.46. The summed E-state index contributed by atoms with van der Waals surface area (Å²) < 4.78 is 12.9. The van der Waals surface area contributed by atoms with Crippen LogP contribution in [0.25, 0.3) is 0 Å². The van der Waals surface area contributed by atoms with Crippen molar-refractivity contribution < 1.29 is 4.39 Å². The maximum absolute atomic E-state index is 12.9. The van der Waals surface area contributed by atoms with Gasteiger partial charge in [-0.25, -0.2) is 4.39 Å². The van der Waals surface area contributed by atoms with Crippen LogP contribution in [0.15, 0.2) is 42.5 Å². The molecule has 0 N–H and O–H groups in total. The average molecular weight is 290 g/mol. The molecule has 0 fully saturated rings. The molecule has 0 heterocycles. The van der Waals surface area contributed by atoms with Gasteiger partial charge < -0.3 is 0 Å². The fraction of sp³-hybridized carbons (Fsp3) is 0.0769. The first-order valence-corrected chi connectivity index (χ1v) is 6.11. The highest BCUT2D eigenvalue weighted by atomic mass is 35.5. The van der Waals surface area contributed by atoms with Gasteiger partial charge in [0, 0.05) is 10.0 Å². The van der Waals surface area contributed by atoms with Crippen LogP contribution in [0.3, 0.4) is 0 Å². The molecular weight excluding hydrogens is 282 g/mol. The Labute approximate surface area is 114 Å². The van der Waals surface area contributed by atoms with Crippen molar-refractivity contribution in [2.24, 2.45) is 0 Å². The summed E-state index contributed by atoms with van der Waals surface area (Å²) in [7, 11) is 0. The molecule has 0 bridgehead atoms. The molecule has 0 aliphatic carbocycles. The van der Waals surface area contributed by atoms with Crippen LogP contribution in [0.1, 0.15) is 16.5 Å². The van der Waals surface area contributed by atoms with Gasteiger partial charge in [0.25, 0.3) is 0 Å². The summed E-state index contributed by atoms with van der Waals surface area (Å²) in [6, 6.07) is 11.3. The van der Waals surface area contributed by atoms with Crippen molar-refractivity contribution in [3.63, 3.8) is 0 Å². The van der Waals surface area contributed by atoms with Gasteiger partial charge in [0.2, 0.25) is 0 Å². The minimum absolute atomic E-state index is 0.319. The first-order valence-electron chi connectivity index (χ1n) is 4.92. The SMILES string of the molecule is Fc1ccc(C(Cl)c2ccc(Cl)cc2)c(Cl)c1. The van der Waals surface area contributed by atoms with Crippen LogP contribution in [-0.2, 0) is 0 Å². The molecule has 4 heteroatoms. The summed E-state index contributed by atoms with van der Waals surface area (Å²) in [5.74, 6) is -0.376. The van der Waals surface area contributed by atoms with E-state index in [0.29, 0.717) is 15.6 Å². The Kier molecular flexibility index (Phi) is 3.93. The second-order valence-electron chi connectivity index (χ2n) is 3.58. The lowest BCUT2D eigenvalue weighted by atomic mass is 10.0. The predicted molar refractivity (Wildman–Crippen MR) is 70.6 cm³/mol. The van der Waals surface area contributed by atoms with Gasteiger partial charge in [0.1, 0.15) is 5.82 Å². The van der Waals surface area contributed by atoms with Crippen LogP contribution >= 0.6 is 34.8 Å². The highest BCUT2D eigenvalue weighted by Gasteiger charge is 2.14. The summed E-state index contributed by atoms with van der Waals surface area (Å²) in [6.07, 6.45) is 0. The normalized spacial score (nSPS) is 12.5. The van der Waals surface area contributed by atoms with E-state index in [4.69, 9.17) is 34.8 Å². The van der Waals surface area contributed by atoms with Crippen molar-refractivity contribution >= 4 is 34.8 Å². The Hall–Kier alpha value is -0.760. The number of alkyl halides is 1. The number of halogens is 4. The number of hydrogen-bond acceptors (Lipinski definition) is 0. The molecule has 0 nitrogen and oxygen atoms in total. The van der Waals surface area contributed by atoms with Gasteiger partial charge >= 0.3 is 0 Å². The van der Waals surface area contributed by atoms with Crippen molar-refractivity contribution in [3.8, 4) is 0 Å². The van der Waals surface area contributed by atoms with Gasteiger partial charge in [-0.2, -0.15) is 0 Å². The molecule has 0 amide bonds. The minimum Gasteiger partial charge on any atom is -0.207 e. The Morgan fingerprint density at radius 1 is 0.941 bits per heavy atom. The molecule has 1 atom stereocenters. The lowest BCUT2D eigenvalue weighted by Gasteiger charge is -2.12. The first-order chi connectivity index (χ1) is 8.08. The zero-order chi connectivity index (χ0) is 12.4. The van der Waals surface area contributed by atoms with E-state index in [2.05, 4.69) is 0 Å². The van der Waals surface area contributed by atoms with E-state index in [1.54, 1.807) is 18.2 Å². The Balaban J connectivity index is 2.36. The van der Waals surface area contributed by atoms with Gasteiger partial charge in [-0.05, 0) is 35.4 Å². The molecule has 0 aliphatic heterocycles. The largest absolute Gasteiger partial charge is 0.207 e. The summed E-state index contributed by atoms with van der Waals surface area (Å²) in [5, 5.41) is 0.545. The molecule has 88 valence electrons. The van der Waals surface area contributed by atoms with Gasteiger partial charge in [-0.3, -0.25) is 0 Å². The van der Waals surface area contributed by atoms with E-state index >= 15 is 0 Å². The molecule has 0 radical (unpaired) electrons.